The Morgan fingerprint density at radius 1 is 1.00 bits per heavy atom. The Bertz CT molecular complexity index is 596. The van der Waals surface area contributed by atoms with Crippen LogP contribution in [-0.2, 0) is 0 Å². The van der Waals surface area contributed by atoms with Gasteiger partial charge in [-0.2, -0.15) is 5.26 Å². The Balaban J connectivity index is 2.26. The summed E-state index contributed by atoms with van der Waals surface area (Å²) in [6.45, 7) is 4.19. The van der Waals surface area contributed by atoms with Gasteiger partial charge in [0, 0.05) is 0 Å². The van der Waals surface area contributed by atoms with Crippen LogP contribution in [0.3, 0.4) is 0 Å². The lowest BCUT2D eigenvalue weighted by Crippen LogP contribution is -1.81. The van der Waals surface area contributed by atoms with Crippen molar-refractivity contribution in [1.82, 2.24) is 0 Å². The van der Waals surface area contributed by atoms with Crippen LogP contribution in [0.25, 0.3) is 11.6 Å². The molecule has 0 aliphatic carbocycles. The van der Waals surface area contributed by atoms with E-state index in [1.165, 1.54) is 16.7 Å². The molecule has 0 bridgehead atoms. The van der Waals surface area contributed by atoms with Crippen LogP contribution in [0.2, 0.25) is 0 Å². The van der Waals surface area contributed by atoms with Crippen LogP contribution in [0, 0.1) is 18.3 Å². The molecular formula is C17H15N. The summed E-state index contributed by atoms with van der Waals surface area (Å²) < 4.78 is 0. The zero-order chi connectivity index (χ0) is 13.0. The van der Waals surface area contributed by atoms with E-state index in [4.69, 9.17) is 5.26 Å². The minimum atomic E-state index is 0.695. The maximum atomic E-state index is 8.75. The smallest absolute Gasteiger partial charge is 0.0991 e. The standard InChI is InChI=1S/C17H15N/c1-13-3-9-17(10-4-13)14(2)11-15-5-7-16(12-18)8-6-15/h3-11H,1-2H3. The summed E-state index contributed by atoms with van der Waals surface area (Å²) in [6.07, 6.45) is 2.13. The molecule has 0 aromatic heterocycles. The molecule has 0 spiro atoms. The van der Waals surface area contributed by atoms with E-state index in [0.29, 0.717) is 5.56 Å². The number of aryl methyl sites for hydroxylation is 1. The molecule has 0 saturated carbocycles. The van der Waals surface area contributed by atoms with Crippen molar-refractivity contribution in [2.45, 2.75) is 13.8 Å². The monoisotopic (exact) mass is 233 g/mol. The first-order valence-electron chi connectivity index (χ1n) is 5.94. The average Bonchev–Trinajstić information content (AvgIpc) is 2.40. The number of benzene rings is 2. The van der Waals surface area contributed by atoms with Crippen molar-refractivity contribution in [3.63, 3.8) is 0 Å². The summed E-state index contributed by atoms with van der Waals surface area (Å²) in [6, 6.07) is 18.2. The average molecular weight is 233 g/mol. The molecule has 2 rings (SSSR count). The molecule has 18 heavy (non-hydrogen) atoms. The van der Waals surface area contributed by atoms with Gasteiger partial charge in [-0.3, -0.25) is 0 Å². The second-order valence-electron chi connectivity index (χ2n) is 4.43. The molecule has 88 valence electrons. The first-order chi connectivity index (χ1) is 8.69. The lowest BCUT2D eigenvalue weighted by atomic mass is 10.0. The minimum absolute atomic E-state index is 0.695. The number of hydrogen-bond acceptors (Lipinski definition) is 1. The van der Waals surface area contributed by atoms with Crippen LogP contribution in [-0.4, -0.2) is 0 Å². The number of rotatable bonds is 2. The van der Waals surface area contributed by atoms with E-state index in [1.807, 2.05) is 24.3 Å². The molecule has 1 heteroatoms. The molecule has 0 amide bonds. The maximum Gasteiger partial charge on any atom is 0.0991 e. The van der Waals surface area contributed by atoms with E-state index in [-0.39, 0.29) is 0 Å². The van der Waals surface area contributed by atoms with Crippen molar-refractivity contribution < 1.29 is 0 Å². The Kier molecular flexibility index (Phi) is 3.60. The van der Waals surface area contributed by atoms with E-state index in [0.717, 1.165) is 5.56 Å². The zero-order valence-electron chi connectivity index (χ0n) is 10.6. The number of nitriles is 1. The van der Waals surface area contributed by atoms with E-state index < -0.39 is 0 Å². The zero-order valence-corrected chi connectivity index (χ0v) is 10.6. The van der Waals surface area contributed by atoms with Gasteiger partial charge in [0.05, 0.1) is 11.6 Å². The van der Waals surface area contributed by atoms with Gasteiger partial charge in [0.25, 0.3) is 0 Å². The summed E-state index contributed by atoms with van der Waals surface area (Å²) >= 11 is 0. The maximum absolute atomic E-state index is 8.75. The van der Waals surface area contributed by atoms with Gasteiger partial charge in [0.15, 0.2) is 0 Å². The van der Waals surface area contributed by atoms with Gasteiger partial charge in [-0.15, -0.1) is 0 Å². The summed E-state index contributed by atoms with van der Waals surface area (Å²) in [5, 5.41) is 8.75. The predicted molar refractivity (Wildman–Crippen MR) is 75.9 cm³/mol. The molecule has 0 unspecified atom stereocenters. The van der Waals surface area contributed by atoms with Gasteiger partial charge in [-0.25, -0.2) is 0 Å². The van der Waals surface area contributed by atoms with Gasteiger partial charge < -0.3 is 0 Å². The van der Waals surface area contributed by atoms with Gasteiger partial charge in [0.1, 0.15) is 0 Å². The Morgan fingerprint density at radius 2 is 1.61 bits per heavy atom. The van der Waals surface area contributed by atoms with Gasteiger partial charge in [-0.05, 0) is 42.7 Å². The first kappa shape index (κ1) is 12.1. The van der Waals surface area contributed by atoms with Gasteiger partial charge in [-0.1, -0.05) is 48.0 Å². The van der Waals surface area contributed by atoms with E-state index >= 15 is 0 Å². The van der Waals surface area contributed by atoms with Crippen molar-refractivity contribution in [2.75, 3.05) is 0 Å². The predicted octanol–water partition coefficient (Wildman–Crippen LogP) is 4.43. The van der Waals surface area contributed by atoms with Crippen molar-refractivity contribution >= 4 is 11.6 Å². The minimum Gasteiger partial charge on any atom is -0.192 e. The van der Waals surface area contributed by atoms with Crippen molar-refractivity contribution in [1.29, 1.82) is 5.26 Å². The lowest BCUT2D eigenvalue weighted by molar-refractivity contribution is 1.45. The normalized spacial score (nSPS) is 11.1. The van der Waals surface area contributed by atoms with Crippen LogP contribution in [0.1, 0.15) is 29.2 Å². The highest BCUT2D eigenvalue weighted by Gasteiger charge is 1.96. The molecule has 0 aliphatic rings. The van der Waals surface area contributed by atoms with Crippen LogP contribution in [0.15, 0.2) is 48.5 Å². The van der Waals surface area contributed by atoms with Crippen molar-refractivity contribution in [2.24, 2.45) is 0 Å². The van der Waals surface area contributed by atoms with Crippen LogP contribution in [0.4, 0.5) is 0 Å². The van der Waals surface area contributed by atoms with E-state index in [2.05, 4.69) is 50.3 Å². The van der Waals surface area contributed by atoms with E-state index in [1.54, 1.807) is 0 Å². The molecule has 0 saturated heterocycles. The molecule has 0 aliphatic heterocycles. The number of hydrogen-bond donors (Lipinski definition) is 0. The van der Waals surface area contributed by atoms with Gasteiger partial charge >= 0.3 is 0 Å². The fourth-order valence-corrected chi connectivity index (χ4v) is 1.80. The molecule has 0 fully saturated rings. The van der Waals surface area contributed by atoms with E-state index in [9.17, 15) is 0 Å². The first-order valence-corrected chi connectivity index (χ1v) is 5.94. The molecule has 0 radical (unpaired) electrons. The fraction of sp³-hybridized carbons (Fsp3) is 0.118. The summed E-state index contributed by atoms with van der Waals surface area (Å²) in [5.74, 6) is 0. The molecule has 2 aromatic carbocycles. The second-order valence-corrected chi connectivity index (χ2v) is 4.43. The quantitative estimate of drug-likeness (QED) is 0.704. The summed E-state index contributed by atoms with van der Waals surface area (Å²) in [5.41, 5.74) is 5.53. The molecule has 0 heterocycles. The SMILES string of the molecule is CC(=Cc1ccc(C#N)cc1)c1ccc(C)cc1. The molecular weight excluding hydrogens is 218 g/mol. The lowest BCUT2D eigenvalue weighted by Gasteiger charge is -2.03. The summed E-state index contributed by atoms with van der Waals surface area (Å²) in [7, 11) is 0. The molecule has 1 nitrogen and oxygen atoms in total. The highest BCUT2D eigenvalue weighted by molar-refractivity contribution is 5.80. The third-order valence-electron chi connectivity index (χ3n) is 2.93. The topological polar surface area (TPSA) is 23.8 Å². The van der Waals surface area contributed by atoms with Crippen LogP contribution < -0.4 is 0 Å². The summed E-state index contributed by atoms with van der Waals surface area (Å²) in [4.78, 5) is 0. The highest BCUT2D eigenvalue weighted by atomic mass is 14.2. The highest BCUT2D eigenvalue weighted by Crippen LogP contribution is 2.18. The third-order valence-corrected chi connectivity index (χ3v) is 2.93. The largest absolute Gasteiger partial charge is 0.192 e. The Labute approximate surface area is 108 Å². The Morgan fingerprint density at radius 3 is 2.17 bits per heavy atom. The molecule has 2 aromatic rings. The molecule has 0 N–H and O–H groups in total. The van der Waals surface area contributed by atoms with Crippen LogP contribution >= 0.6 is 0 Å². The van der Waals surface area contributed by atoms with Gasteiger partial charge in [0.2, 0.25) is 0 Å². The van der Waals surface area contributed by atoms with Crippen molar-refractivity contribution in [3.8, 4) is 6.07 Å². The number of allylic oxidation sites excluding steroid dienone is 1. The third kappa shape index (κ3) is 2.87. The Hall–Kier alpha value is -2.33. The number of nitrogens with zero attached hydrogens (tertiary/aromatic N) is 1. The molecule has 0 atom stereocenters. The second kappa shape index (κ2) is 5.33. The van der Waals surface area contributed by atoms with Crippen LogP contribution in [0.5, 0.6) is 0 Å². The fourth-order valence-electron chi connectivity index (χ4n) is 1.80. The van der Waals surface area contributed by atoms with Crippen molar-refractivity contribution in [3.05, 3.63) is 70.8 Å².